The molecule has 0 aromatic heterocycles. The van der Waals surface area contributed by atoms with Crippen LogP contribution in [0.25, 0.3) is 0 Å². The fraction of sp³-hybridized carbons (Fsp3) is 0.200. The van der Waals surface area contributed by atoms with Crippen LogP contribution in [-0.4, -0.2) is 6.61 Å². The summed E-state index contributed by atoms with van der Waals surface area (Å²) >= 11 is 3.47. The van der Waals surface area contributed by atoms with Crippen molar-refractivity contribution in [1.82, 2.24) is 0 Å². The van der Waals surface area contributed by atoms with Crippen molar-refractivity contribution in [2.45, 2.75) is 13.5 Å². The molecule has 0 aliphatic heterocycles. The number of benzene rings is 2. The van der Waals surface area contributed by atoms with Crippen LogP contribution in [0, 0.1) is 0 Å². The Morgan fingerprint density at radius 3 is 2.72 bits per heavy atom. The molecule has 0 fully saturated rings. The largest absolute Gasteiger partial charge is 0.494 e. The lowest BCUT2D eigenvalue weighted by atomic mass is 10.2. The van der Waals surface area contributed by atoms with Crippen LogP contribution < -0.4 is 10.1 Å². The summed E-state index contributed by atoms with van der Waals surface area (Å²) in [7, 11) is 0. The molecule has 1 N–H and O–H groups in total. The van der Waals surface area contributed by atoms with E-state index in [0.29, 0.717) is 6.61 Å². The maximum Gasteiger partial charge on any atom is 0.121 e. The molecule has 0 aliphatic rings. The molecule has 2 nitrogen and oxygen atoms in total. The van der Waals surface area contributed by atoms with Crippen molar-refractivity contribution in [3.63, 3.8) is 0 Å². The summed E-state index contributed by atoms with van der Waals surface area (Å²) in [5, 5.41) is 3.39. The van der Waals surface area contributed by atoms with Gasteiger partial charge in [0.25, 0.3) is 0 Å². The van der Waals surface area contributed by atoms with Crippen LogP contribution in [-0.2, 0) is 6.54 Å². The van der Waals surface area contributed by atoms with Gasteiger partial charge in [0.2, 0.25) is 0 Å². The summed E-state index contributed by atoms with van der Waals surface area (Å²) in [5.41, 5.74) is 2.31. The fourth-order valence-corrected chi connectivity index (χ4v) is 2.16. The molecule has 0 atom stereocenters. The monoisotopic (exact) mass is 305 g/mol. The molecule has 2 rings (SSSR count). The molecule has 0 heterocycles. The van der Waals surface area contributed by atoms with Crippen LogP contribution in [0.2, 0.25) is 0 Å². The van der Waals surface area contributed by atoms with Crippen LogP contribution >= 0.6 is 15.9 Å². The SMILES string of the molecule is CCOc1cccc(NCc2cccc(Br)c2)c1. The van der Waals surface area contributed by atoms with Crippen molar-refractivity contribution in [1.29, 1.82) is 0 Å². The minimum atomic E-state index is 0.690. The highest BCUT2D eigenvalue weighted by Gasteiger charge is 1.97. The summed E-state index contributed by atoms with van der Waals surface area (Å²) in [6.07, 6.45) is 0. The van der Waals surface area contributed by atoms with E-state index < -0.39 is 0 Å². The molecule has 0 aliphatic carbocycles. The zero-order valence-electron chi connectivity index (χ0n) is 10.3. The standard InChI is InChI=1S/C15H16BrNO/c1-2-18-15-8-4-7-14(10-15)17-11-12-5-3-6-13(16)9-12/h3-10,17H,2,11H2,1H3. The molecule has 18 heavy (non-hydrogen) atoms. The lowest BCUT2D eigenvalue weighted by molar-refractivity contribution is 0.340. The molecule has 2 aromatic carbocycles. The number of ether oxygens (including phenoxy) is 1. The second-order valence-corrected chi connectivity index (χ2v) is 4.86. The van der Waals surface area contributed by atoms with Crippen LogP contribution in [0.15, 0.2) is 53.0 Å². The van der Waals surface area contributed by atoms with E-state index in [1.54, 1.807) is 0 Å². The summed E-state index contributed by atoms with van der Waals surface area (Å²) in [5.74, 6) is 0.900. The molecule has 94 valence electrons. The van der Waals surface area contributed by atoms with Gasteiger partial charge in [-0.25, -0.2) is 0 Å². The van der Waals surface area contributed by atoms with Crippen molar-refractivity contribution in [2.75, 3.05) is 11.9 Å². The predicted octanol–water partition coefficient (Wildman–Crippen LogP) is 4.46. The van der Waals surface area contributed by atoms with Crippen molar-refractivity contribution in [3.05, 3.63) is 58.6 Å². The highest BCUT2D eigenvalue weighted by atomic mass is 79.9. The number of rotatable bonds is 5. The second-order valence-electron chi connectivity index (χ2n) is 3.94. The topological polar surface area (TPSA) is 21.3 Å². The molecule has 0 radical (unpaired) electrons. The molecule has 0 saturated heterocycles. The van der Waals surface area contributed by atoms with E-state index in [-0.39, 0.29) is 0 Å². The first-order valence-electron chi connectivity index (χ1n) is 5.99. The van der Waals surface area contributed by atoms with Gasteiger partial charge in [-0.3, -0.25) is 0 Å². The first-order valence-corrected chi connectivity index (χ1v) is 6.78. The van der Waals surface area contributed by atoms with Crippen molar-refractivity contribution in [3.8, 4) is 5.75 Å². The summed E-state index contributed by atoms with van der Waals surface area (Å²) in [6.45, 7) is 3.48. The van der Waals surface area contributed by atoms with Gasteiger partial charge in [0.15, 0.2) is 0 Å². The molecular weight excluding hydrogens is 290 g/mol. The highest BCUT2D eigenvalue weighted by Crippen LogP contribution is 2.18. The smallest absolute Gasteiger partial charge is 0.121 e. The number of halogens is 1. The van der Waals surface area contributed by atoms with Crippen LogP contribution in [0.1, 0.15) is 12.5 Å². The van der Waals surface area contributed by atoms with E-state index in [0.717, 1.165) is 22.5 Å². The van der Waals surface area contributed by atoms with Gasteiger partial charge in [0.05, 0.1) is 6.61 Å². The molecule has 2 aromatic rings. The van der Waals surface area contributed by atoms with Gasteiger partial charge >= 0.3 is 0 Å². The lowest BCUT2D eigenvalue weighted by Gasteiger charge is -2.09. The quantitative estimate of drug-likeness (QED) is 0.880. The van der Waals surface area contributed by atoms with E-state index in [9.17, 15) is 0 Å². The molecule has 0 bridgehead atoms. The third-order valence-corrected chi connectivity index (χ3v) is 3.02. The number of hydrogen-bond donors (Lipinski definition) is 1. The van der Waals surface area contributed by atoms with E-state index >= 15 is 0 Å². The minimum absolute atomic E-state index is 0.690. The summed E-state index contributed by atoms with van der Waals surface area (Å²) < 4.78 is 6.57. The van der Waals surface area contributed by atoms with Crippen molar-refractivity contribution < 1.29 is 4.74 Å². The Morgan fingerprint density at radius 2 is 1.94 bits per heavy atom. The van der Waals surface area contributed by atoms with E-state index in [4.69, 9.17) is 4.74 Å². The molecule has 0 saturated carbocycles. The summed E-state index contributed by atoms with van der Waals surface area (Å²) in [6, 6.07) is 16.3. The van der Waals surface area contributed by atoms with Gasteiger partial charge in [0.1, 0.15) is 5.75 Å². The average Bonchev–Trinajstić information content (AvgIpc) is 2.37. The molecular formula is C15H16BrNO. The normalized spacial score (nSPS) is 10.1. The Kier molecular flexibility index (Phi) is 4.65. The molecule has 3 heteroatoms. The van der Waals surface area contributed by atoms with E-state index in [1.165, 1.54) is 5.56 Å². The van der Waals surface area contributed by atoms with Crippen molar-refractivity contribution >= 4 is 21.6 Å². The third kappa shape index (κ3) is 3.77. The fourth-order valence-electron chi connectivity index (χ4n) is 1.71. The van der Waals surface area contributed by atoms with E-state index in [1.807, 2.05) is 43.3 Å². The van der Waals surface area contributed by atoms with Crippen LogP contribution in [0.4, 0.5) is 5.69 Å². The van der Waals surface area contributed by atoms with Crippen molar-refractivity contribution in [2.24, 2.45) is 0 Å². The second kappa shape index (κ2) is 6.45. The highest BCUT2D eigenvalue weighted by molar-refractivity contribution is 9.10. The lowest BCUT2D eigenvalue weighted by Crippen LogP contribution is -2.00. The number of hydrogen-bond acceptors (Lipinski definition) is 2. The maximum atomic E-state index is 5.47. The first-order chi connectivity index (χ1) is 8.78. The minimum Gasteiger partial charge on any atom is -0.494 e. The van der Waals surface area contributed by atoms with Gasteiger partial charge in [-0.2, -0.15) is 0 Å². The van der Waals surface area contributed by atoms with Crippen LogP contribution in [0.3, 0.4) is 0 Å². The zero-order valence-corrected chi connectivity index (χ0v) is 11.9. The Balaban J connectivity index is 1.99. The maximum absolute atomic E-state index is 5.47. The van der Waals surface area contributed by atoms with Gasteiger partial charge < -0.3 is 10.1 Å². The Labute approximate surface area is 116 Å². The Hall–Kier alpha value is -1.48. The van der Waals surface area contributed by atoms with Gasteiger partial charge in [-0.05, 0) is 36.8 Å². The van der Waals surface area contributed by atoms with Gasteiger partial charge in [0, 0.05) is 22.8 Å². The zero-order chi connectivity index (χ0) is 12.8. The predicted molar refractivity (Wildman–Crippen MR) is 79.1 cm³/mol. The van der Waals surface area contributed by atoms with Gasteiger partial charge in [-0.15, -0.1) is 0 Å². The number of anilines is 1. The number of nitrogens with one attached hydrogen (secondary N) is 1. The molecule has 0 amide bonds. The Bertz CT molecular complexity index is 513. The van der Waals surface area contributed by atoms with E-state index in [2.05, 4.69) is 33.4 Å². The summed E-state index contributed by atoms with van der Waals surface area (Å²) in [4.78, 5) is 0. The van der Waals surface area contributed by atoms with Crippen LogP contribution in [0.5, 0.6) is 5.75 Å². The Morgan fingerprint density at radius 1 is 1.11 bits per heavy atom. The van der Waals surface area contributed by atoms with Gasteiger partial charge in [-0.1, -0.05) is 34.1 Å². The first kappa shape index (κ1) is 13.0. The molecule has 0 spiro atoms. The third-order valence-electron chi connectivity index (χ3n) is 2.53. The molecule has 0 unspecified atom stereocenters. The average molecular weight is 306 g/mol.